The Bertz CT molecular complexity index is 894. The van der Waals surface area contributed by atoms with Gasteiger partial charge in [0.15, 0.2) is 17.5 Å². The zero-order valence-corrected chi connectivity index (χ0v) is 19.6. The number of halogens is 1. The lowest BCUT2D eigenvalue weighted by Crippen LogP contribution is -2.23. The molecule has 158 valence electrons. The van der Waals surface area contributed by atoms with E-state index in [9.17, 15) is 0 Å². The molecule has 5 nitrogen and oxygen atoms in total. The van der Waals surface area contributed by atoms with Crippen LogP contribution in [0.5, 0.6) is 11.5 Å². The van der Waals surface area contributed by atoms with Gasteiger partial charge in [-0.3, -0.25) is 4.99 Å². The summed E-state index contributed by atoms with van der Waals surface area (Å²) in [5.41, 5.74) is 9.45. The Morgan fingerprint density at radius 1 is 0.867 bits per heavy atom. The smallest absolute Gasteiger partial charge is 0.193 e. The summed E-state index contributed by atoms with van der Waals surface area (Å²) >= 11 is 0. The second kappa shape index (κ2) is 12.1. The quantitative estimate of drug-likeness (QED) is 0.243. The summed E-state index contributed by atoms with van der Waals surface area (Å²) in [5, 5.41) is 3.11. The van der Waals surface area contributed by atoms with Crippen molar-refractivity contribution in [2.24, 2.45) is 10.7 Å². The van der Waals surface area contributed by atoms with Gasteiger partial charge in [-0.2, -0.15) is 0 Å². The van der Waals surface area contributed by atoms with Crippen molar-refractivity contribution in [2.45, 2.75) is 12.3 Å². The molecule has 3 aromatic carbocycles. The Kier molecular flexibility index (Phi) is 9.47. The minimum atomic E-state index is 0. The molecule has 0 aromatic heterocycles. The number of nitrogens with one attached hydrogen (secondary N) is 1. The Balaban J connectivity index is 0.00000320. The van der Waals surface area contributed by atoms with Gasteiger partial charge in [-0.1, -0.05) is 60.7 Å². The highest BCUT2D eigenvalue weighted by atomic mass is 127. The Hall–Kier alpha value is -2.74. The van der Waals surface area contributed by atoms with Gasteiger partial charge < -0.3 is 20.5 Å². The summed E-state index contributed by atoms with van der Waals surface area (Å²) < 4.78 is 10.6. The highest BCUT2D eigenvalue weighted by Crippen LogP contribution is 2.30. The highest BCUT2D eigenvalue weighted by Gasteiger charge is 2.13. The van der Waals surface area contributed by atoms with Crippen molar-refractivity contribution in [2.75, 3.05) is 26.1 Å². The number of benzene rings is 3. The molecule has 0 bridgehead atoms. The number of rotatable bonds is 8. The summed E-state index contributed by atoms with van der Waals surface area (Å²) in [5.74, 6) is 1.95. The van der Waals surface area contributed by atoms with Crippen LogP contribution in [0.25, 0.3) is 0 Å². The molecule has 0 radical (unpaired) electrons. The maximum Gasteiger partial charge on any atom is 0.193 e. The van der Waals surface area contributed by atoms with Gasteiger partial charge in [0.1, 0.15) is 0 Å². The number of hydrogen-bond donors (Lipinski definition) is 2. The third-order valence-electron chi connectivity index (χ3n) is 4.76. The second-order valence-electron chi connectivity index (χ2n) is 6.62. The van der Waals surface area contributed by atoms with Gasteiger partial charge in [0.05, 0.1) is 14.2 Å². The maximum atomic E-state index is 6.10. The molecule has 0 atom stereocenters. The number of hydrogen-bond acceptors (Lipinski definition) is 3. The van der Waals surface area contributed by atoms with Gasteiger partial charge in [0.25, 0.3) is 0 Å². The summed E-state index contributed by atoms with van der Waals surface area (Å²) in [6.45, 7) is 0.612. The van der Waals surface area contributed by atoms with Crippen molar-refractivity contribution >= 4 is 35.6 Å². The molecule has 6 heteroatoms. The molecule has 0 unspecified atom stereocenters. The molecule has 3 rings (SSSR count). The van der Waals surface area contributed by atoms with Crippen LogP contribution in [0.15, 0.2) is 83.9 Å². The van der Waals surface area contributed by atoms with E-state index in [1.54, 1.807) is 14.2 Å². The number of nitrogens with two attached hydrogens (primary N) is 1. The third-order valence-corrected chi connectivity index (χ3v) is 4.76. The van der Waals surface area contributed by atoms with E-state index in [1.165, 1.54) is 11.1 Å². The summed E-state index contributed by atoms with van der Waals surface area (Å²) in [4.78, 5) is 4.52. The molecule has 0 aliphatic carbocycles. The first-order valence-electron chi connectivity index (χ1n) is 9.60. The molecule has 0 spiro atoms. The van der Waals surface area contributed by atoms with Crippen molar-refractivity contribution in [1.29, 1.82) is 0 Å². The first kappa shape index (κ1) is 23.5. The van der Waals surface area contributed by atoms with Gasteiger partial charge in [-0.15, -0.1) is 24.0 Å². The van der Waals surface area contributed by atoms with Crippen LogP contribution in [-0.4, -0.2) is 26.7 Å². The molecule has 30 heavy (non-hydrogen) atoms. The Labute approximate surface area is 195 Å². The Morgan fingerprint density at radius 2 is 1.43 bits per heavy atom. The lowest BCUT2D eigenvalue weighted by molar-refractivity contribution is 0.355. The van der Waals surface area contributed by atoms with Crippen LogP contribution >= 0.6 is 24.0 Å². The van der Waals surface area contributed by atoms with E-state index in [-0.39, 0.29) is 29.9 Å². The third kappa shape index (κ3) is 6.38. The van der Waals surface area contributed by atoms with E-state index < -0.39 is 0 Å². The van der Waals surface area contributed by atoms with E-state index in [2.05, 4.69) is 58.8 Å². The van der Waals surface area contributed by atoms with Crippen LogP contribution in [0.1, 0.15) is 23.5 Å². The van der Waals surface area contributed by atoms with Gasteiger partial charge >= 0.3 is 0 Å². The van der Waals surface area contributed by atoms with E-state index in [4.69, 9.17) is 15.2 Å². The number of aliphatic imine (C=N–C) groups is 1. The molecule has 3 N–H and O–H groups in total. The zero-order valence-electron chi connectivity index (χ0n) is 17.2. The van der Waals surface area contributed by atoms with Crippen LogP contribution in [0.4, 0.5) is 5.69 Å². The van der Waals surface area contributed by atoms with Crippen LogP contribution in [0.3, 0.4) is 0 Å². The summed E-state index contributed by atoms with van der Waals surface area (Å²) in [6, 6.07) is 26.5. The normalized spacial score (nSPS) is 11.0. The molecule has 0 saturated heterocycles. The number of methoxy groups -OCH3 is 2. The fraction of sp³-hybridized carbons (Fsp3) is 0.208. The topological polar surface area (TPSA) is 68.9 Å². The van der Waals surface area contributed by atoms with E-state index in [0.717, 1.165) is 12.1 Å². The number of nitrogens with zero attached hydrogens (tertiary/aromatic N) is 1. The number of guanidine groups is 1. The molecule has 0 saturated carbocycles. The maximum absolute atomic E-state index is 6.10. The first-order valence-corrected chi connectivity index (χ1v) is 9.60. The van der Waals surface area contributed by atoms with Crippen molar-refractivity contribution in [1.82, 2.24) is 0 Å². The molecular weight excluding hydrogens is 489 g/mol. The fourth-order valence-corrected chi connectivity index (χ4v) is 3.31. The average molecular weight is 517 g/mol. The molecular formula is C24H28IN3O2. The van der Waals surface area contributed by atoms with Gasteiger partial charge in [0, 0.05) is 24.2 Å². The minimum absolute atomic E-state index is 0. The molecule has 3 aromatic rings. The van der Waals surface area contributed by atoms with Crippen molar-refractivity contribution < 1.29 is 9.47 Å². The van der Waals surface area contributed by atoms with Crippen LogP contribution in [0.2, 0.25) is 0 Å². The number of anilines is 1. The predicted molar refractivity (Wildman–Crippen MR) is 134 cm³/mol. The Morgan fingerprint density at radius 3 is 1.97 bits per heavy atom. The SMILES string of the molecule is COc1ccc(NC(N)=NCCC(c2ccccc2)c2ccccc2)cc1OC.I. The average Bonchev–Trinajstić information content (AvgIpc) is 2.77. The number of ether oxygens (including phenoxy) is 2. The molecule has 0 amide bonds. The summed E-state index contributed by atoms with van der Waals surface area (Å²) in [6.07, 6.45) is 0.863. The fourth-order valence-electron chi connectivity index (χ4n) is 3.31. The predicted octanol–water partition coefficient (Wildman–Crippen LogP) is 5.27. The zero-order chi connectivity index (χ0) is 20.5. The van der Waals surface area contributed by atoms with E-state index in [0.29, 0.717) is 24.0 Å². The van der Waals surface area contributed by atoms with Gasteiger partial charge in [-0.05, 0) is 29.7 Å². The molecule has 0 fully saturated rings. The summed E-state index contributed by atoms with van der Waals surface area (Å²) in [7, 11) is 3.21. The molecule has 0 heterocycles. The van der Waals surface area contributed by atoms with Crippen molar-refractivity contribution in [3.05, 3.63) is 90.0 Å². The standard InChI is InChI=1S/C24H27N3O2.HI/c1-28-22-14-13-20(17-23(22)29-2)27-24(25)26-16-15-21(18-9-5-3-6-10-18)19-11-7-4-8-12-19;/h3-14,17,21H,15-16H2,1-2H3,(H3,25,26,27);1H. The van der Waals surface area contributed by atoms with Crippen molar-refractivity contribution in [3.8, 4) is 11.5 Å². The molecule has 0 aliphatic rings. The van der Waals surface area contributed by atoms with Crippen molar-refractivity contribution in [3.63, 3.8) is 0 Å². The lowest BCUT2D eigenvalue weighted by Gasteiger charge is -2.17. The van der Waals surface area contributed by atoms with Crippen LogP contribution < -0.4 is 20.5 Å². The van der Waals surface area contributed by atoms with Gasteiger partial charge in [-0.25, -0.2) is 0 Å². The first-order chi connectivity index (χ1) is 14.2. The van der Waals surface area contributed by atoms with E-state index in [1.807, 2.05) is 30.3 Å². The highest BCUT2D eigenvalue weighted by molar-refractivity contribution is 14.0. The van der Waals surface area contributed by atoms with Gasteiger partial charge in [0.2, 0.25) is 0 Å². The van der Waals surface area contributed by atoms with E-state index >= 15 is 0 Å². The van der Waals surface area contributed by atoms with Crippen LogP contribution in [0, 0.1) is 0 Å². The molecule has 0 aliphatic heterocycles. The monoisotopic (exact) mass is 517 g/mol. The minimum Gasteiger partial charge on any atom is -0.493 e. The van der Waals surface area contributed by atoms with Crippen LogP contribution in [-0.2, 0) is 0 Å². The largest absolute Gasteiger partial charge is 0.493 e. The lowest BCUT2D eigenvalue weighted by atomic mass is 9.89. The second-order valence-corrected chi connectivity index (χ2v) is 6.62.